The van der Waals surface area contributed by atoms with E-state index >= 15 is 0 Å². The predicted octanol–water partition coefficient (Wildman–Crippen LogP) is 6.45. The van der Waals surface area contributed by atoms with Gasteiger partial charge in [-0.3, -0.25) is 4.79 Å². The van der Waals surface area contributed by atoms with E-state index < -0.39 is 5.97 Å². The van der Waals surface area contributed by atoms with Crippen LogP contribution in [0.1, 0.15) is 98.8 Å². The Morgan fingerprint density at radius 3 is 2.55 bits per heavy atom. The van der Waals surface area contributed by atoms with Crippen molar-refractivity contribution in [3.05, 3.63) is 11.6 Å². The highest BCUT2D eigenvalue weighted by atomic mass is 16.4. The lowest BCUT2D eigenvalue weighted by atomic mass is 9.47. The molecule has 4 aliphatic carbocycles. The van der Waals surface area contributed by atoms with Crippen LogP contribution in [-0.2, 0) is 4.79 Å². The smallest absolute Gasteiger partial charge is 0.303 e. The highest BCUT2D eigenvalue weighted by Crippen LogP contribution is 2.67. The van der Waals surface area contributed by atoms with Crippen molar-refractivity contribution in [1.82, 2.24) is 0 Å². The van der Waals surface area contributed by atoms with E-state index in [-0.39, 0.29) is 6.10 Å². The molecule has 0 heterocycles. The number of allylic oxidation sites excluding steroid dienone is 1. The monoisotopic (exact) mass is 404 g/mol. The quantitative estimate of drug-likeness (QED) is 0.529. The fourth-order valence-electron chi connectivity index (χ4n) is 8.17. The third kappa shape index (κ3) is 3.93. The third-order valence-electron chi connectivity index (χ3n) is 9.65. The minimum atomic E-state index is -0.650. The maximum atomic E-state index is 11.0. The lowest BCUT2D eigenvalue weighted by molar-refractivity contribution is -0.137. The van der Waals surface area contributed by atoms with Gasteiger partial charge in [-0.1, -0.05) is 46.3 Å². The maximum absolute atomic E-state index is 11.0. The van der Waals surface area contributed by atoms with Crippen LogP contribution in [0.4, 0.5) is 0 Å². The van der Waals surface area contributed by atoms with Gasteiger partial charge in [0.05, 0.1) is 6.10 Å². The van der Waals surface area contributed by atoms with Crippen LogP contribution in [-0.4, -0.2) is 22.3 Å². The van der Waals surface area contributed by atoms with Gasteiger partial charge in [0.25, 0.3) is 0 Å². The van der Waals surface area contributed by atoms with Gasteiger partial charge in [-0.2, -0.15) is 0 Å². The number of hydrogen-bond acceptors (Lipinski definition) is 2. The van der Waals surface area contributed by atoms with Crippen molar-refractivity contribution in [2.75, 3.05) is 0 Å². The molecule has 0 aliphatic heterocycles. The number of aliphatic hydroxyl groups excluding tert-OH is 1. The first kappa shape index (κ1) is 22.8. The van der Waals surface area contributed by atoms with Crippen molar-refractivity contribution in [3.63, 3.8) is 0 Å². The molecule has 0 amide bonds. The van der Waals surface area contributed by atoms with E-state index in [1.54, 1.807) is 5.57 Å². The molecular formula is C26H44O3. The Hall–Kier alpha value is -0.830. The van der Waals surface area contributed by atoms with E-state index in [1.165, 1.54) is 32.1 Å². The second kappa shape index (κ2) is 8.73. The molecule has 8 unspecified atom stereocenters. The summed E-state index contributed by atoms with van der Waals surface area (Å²) >= 11 is 0. The molecule has 0 bridgehead atoms. The largest absolute Gasteiger partial charge is 0.481 e. The fraction of sp³-hybridized carbons (Fsp3) is 0.885. The molecule has 0 saturated heterocycles. The second-order valence-electron chi connectivity index (χ2n) is 10.8. The molecule has 0 aromatic rings. The second-order valence-corrected chi connectivity index (χ2v) is 10.8. The van der Waals surface area contributed by atoms with Gasteiger partial charge in [0.15, 0.2) is 0 Å². The summed E-state index contributed by atoms with van der Waals surface area (Å²) in [5.74, 6) is 2.94. The van der Waals surface area contributed by atoms with E-state index in [4.69, 9.17) is 5.11 Å². The van der Waals surface area contributed by atoms with E-state index in [2.05, 4.69) is 26.8 Å². The van der Waals surface area contributed by atoms with E-state index in [0.717, 1.165) is 43.4 Å². The molecule has 8 atom stereocenters. The normalized spacial score (nSPS) is 44.3. The number of aliphatic hydroxyl groups is 1. The Balaban J connectivity index is 0.00000117. The number of fused-ring (bicyclic) bond motifs is 5. The Labute approximate surface area is 178 Å². The summed E-state index contributed by atoms with van der Waals surface area (Å²) in [4.78, 5) is 11.0. The third-order valence-corrected chi connectivity index (χ3v) is 9.65. The van der Waals surface area contributed by atoms with Crippen molar-refractivity contribution in [3.8, 4) is 0 Å². The Bertz CT molecular complexity index is 625. The summed E-state index contributed by atoms with van der Waals surface area (Å²) in [5.41, 5.74) is 2.27. The molecule has 166 valence electrons. The fourth-order valence-corrected chi connectivity index (χ4v) is 8.17. The molecule has 2 N–H and O–H groups in total. The zero-order valence-electron chi connectivity index (χ0n) is 19.4. The van der Waals surface area contributed by atoms with E-state index in [1.807, 2.05) is 13.8 Å². The number of rotatable bonds is 4. The lowest BCUT2D eigenvalue weighted by Gasteiger charge is -2.58. The summed E-state index contributed by atoms with van der Waals surface area (Å²) in [6.07, 6.45) is 13.0. The van der Waals surface area contributed by atoms with Crippen molar-refractivity contribution in [1.29, 1.82) is 0 Å². The van der Waals surface area contributed by atoms with Gasteiger partial charge in [0.2, 0.25) is 0 Å². The van der Waals surface area contributed by atoms with Gasteiger partial charge in [-0.15, -0.1) is 0 Å². The number of aliphatic carboxylic acids is 1. The number of carboxylic acid groups (broad SMARTS) is 1. The van der Waals surface area contributed by atoms with Crippen molar-refractivity contribution in [2.24, 2.45) is 40.4 Å². The average molecular weight is 405 g/mol. The number of hydrogen-bond donors (Lipinski definition) is 2. The predicted molar refractivity (Wildman–Crippen MR) is 119 cm³/mol. The molecule has 29 heavy (non-hydrogen) atoms. The molecule has 3 fully saturated rings. The van der Waals surface area contributed by atoms with Crippen LogP contribution in [0.25, 0.3) is 0 Å². The zero-order valence-corrected chi connectivity index (χ0v) is 19.4. The first-order valence-electron chi connectivity index (χ1n) is 12.3. The summed E-state index contributed by atoms with van der Waals surface area (Å²) in [6.45, 7) is 11.3. The van der Waals surface area contributed by atoms with Gasteiger partial charge in [-0.05, 0) is 98.2 Å². The van der Waals surface area contributed by atoms with Crippen molar-refractivity contribution in [2.45, 2.75) is 105 Å². The van der Waals surface area contributed by atoms with Crippen LogP contribution in [0.3, 0.4) is 0 Å². The minimum Gasteiger partial charge on any atom is -0.481 e. The Morgan fingerprint density at radius 1 is 1.14 bits per heavy atom. The van der Waals surface area contributed by atoms with Crippen LogP contribution in [0, 0.1) is 40.4 Å². The Morgan fingerprint density at radius 2 is 1.86 bits per heavy atom. The van der Waals surface area contributed by atoms with Gasteiger partial charge < -0.3 is 10.2 Å². The van der Waals surface area contributed by atoms with Crippen molar-refractivity contribution >= 4 is 5.97 Å². The topological polar surface area (TPSA) is 57.5 Å². The molecule has 0 radical (unpaired) electrons. The van der Waals surface area contributed by atoms with Gasteiger partial charge in [0.1, 0.15) is 0 Å². The average Bonchev–Trinajstić information content (AvgIpc) is 3.05. The molecule has 0 spiro atoms. The summed E-state index contributed by atoms with van der Waals surface area (Å²) < 4.78 is 0. The van der Waals surface area contributed by atoms with Crippen LogP contribution in [0.2, 0.25) is 0 Å². The van der Waals surface area contributed by atoms with Crippen LogP contribution >= 0.6 is 0 Å². The molecule has 3 saturated carbocycles. The molecular weight excluding hydrogens is 360 g/mol. The zero-order chi connectivity index (χ0) is 21.4. The SMILES string of the molecule is CC.CC(CCC(=O)O)C1CCC2C3CC=C4CC(O)CCC4(C)C3CCC12C. The van der Waals surface area contributed by atoms with Gasteiger partial charge >= 0.3 is 5.97 Å². The highest BCUT2D eigenvalue weighted by Gasteiger charge is 2.59. The summed E-state index contributed by atoms with van der Waals surface area (Å²) in [6, 6.07) is 0. The number of carbonyl (C=O) groups is 1. The van der Waals surface area contributed by atoms with E-state index in [9.17, 15) is 9.90 Å². The van der Waals surface area contributed by atoms with E-state index in [0.29, 0.717) is 29.1 Å². The molecule has 3 heteroatoms. The molecule has 0 aromatic heterocycles. The van der Waals surface area contributed by atoms with Gasteiger partial charge in [-0.25, -0.2) is 0 Å². The van der Waals surface area contributed by atoms with Crippen LogP contribution in [0.5, 0.6) is 0 Å². The molecule has 0 aromatic carbocycles. The van der Waals surface area contributed by atoms with Crippen LogP contribution in [0.15, 0.2) is 11.6 Å². The Kier molecular flexibility index (Phi) is 6.88. The highest BCUT2D eigenvalue weighted by molar-refractivity contribution is 5.66. The number of carboxylic acids is 1. The minimum absolute atomic E-state index is 0.124. The first-order valence-corrected chi connectivity index (χ1v) is 12.3. The summed E-state index contributed by atoms with van der Waals surface area (Å²) in [7, 11) is 0. The maximum Gasteiger partial charge on any atom is 0.303 e. The lowest BCUT2D eigenvalue weighted by Crippen LogP contribution is -2.50. The summed E-state index contributed by atoms with van der Waals surface area (Å²) in [5, 5.41) is 19.2. The van der Waals surface area contributed by atoms with Crippen molar-refractivity contribution < 1.29 is 15.0 Å². The van der Waals surface area contributed by atoms with Gasteiger partial charge in [0, 0.05) is 6.42 Å². The van der Waals surface area contributed by atoms with Crippen LogP contribution < -0.4 is 0 Å². The first-order chi connectivity index (χ1) is 13.8. The standard InChI is InChI=1S/C24H38O3.C2H6/c1-15(4-9-22(26)27)19-7-8-20-18-6-5-16-14-17(25)10-12-23(16,2)21(18)11-13-24(19,20)3;1-2/h5,15,17-21,25H,4,6-14H2,1-3H3,(H,26,27);1-2H3. The molecule has 4 rings (SSSR count). The molecule has 3 nitrogen and oxygen atoms in total. The molecule has 4 aliphatic rings.